The van der Waals surface area contributed by atoms with E-state index in [1.54, 1.807) is 14.2 Å². The van der Waals surface area contributed by atoms with Crippen molar-refractivity contribution in [1.29, 1.82) is 0 Å². The smallest absolute Gasteiger partial charge is 0.118 e. The number of halogens is 2. The lowest BCUT2D eigenvalue weighted by atomic mass is 9.81. The van der Waals surface area contributed by atoms with Crippen molar-refractivity contribution in [2.24, 2.45) is 11.8 Å². The van der Waals surface area contributed by atoms with E-state index >= 15 is 0 Å². The first-order chi connectivity index (χ1) is 12.7. The molecule has 0 saturated heterocycles. The van der Waals surface area contributed by atoms with E-state index in [9.17, 15) is 0 Å². The molecule has 0 aliphatic rings. The molecule has 0 radical (unpaired) electrons. The number of hydrogen-bond acceptors (Lipinski definition) is 2. The van der Waals surface area contributed by atoms with Crippen molar-refractivity contribution >= 4 is 31.9 Å². The monoisotopic (exact) mass is 482 g/mol. The maximum Gasteiger partial charge on any atom is 0.118 e. The Bertz CT molecular complexity index is 626. The molecule has 0 heterocycles. The van der Waals surface area contributed by atoms with Gasteiger partial charge in [-0.3, -0.25) is 0 Å². The van der Waals surface area contributed by atoms with Gasteiger partial charge in [-0.2, -0.15) is 0 Å². The number of benzene rings is 2. The Morgan fingerprint density at radius 3 is 1.58 bits per heavy atom. The molecule has 142 valence electrons. The summed E-state index contributed by atoms with van der Waals surface area (Å²) >= 11 is 7.37. The van der Waals surface area contributed by atoms with Crippen LogP contribution in [0.1, 0.15) is 24.0 Å². The molecule has 0 spiro atoms. The van der Waals surface area contributed by atoms with Gasteiger partial charge in [0.25, 0.3) is 0 Å². The third-order valence-electron chi connectivity index (χ3n) is 4.89. The Morgan fingerprint density at radius 1 is 0.731 bits per heavy atom. The minimum Gasteiger partial charge on any atom is -0.497 e. The van der Waals surface area contributed by atoms with Crippen LogP contribution in [0.15, 0.2) is 48.5 Å². The molecule has 4 heteroatoms. The van der Waals surface area contributed by atoms with Gasteiger partial charge in [-0.05, 0) is 72.9 Å². The van der Waals surface area contributed by atoms with Gasteiger partial charge in [-0.25, -0.2) is 0 Å². The fraction of sp³-hybridized carbons (Fsp3) is 0.455. The van der Waals surface area contributed by atoms with Crippen molar-refractivity contribution in [3.05, 3.63) is 59.7 Å². The first-order valence-corrected chi connectivity index (χ1v) is 11.3. The van der Waals surface area contributed by atoms with Crippen LogP contribution in [0.25, 0.3) is 0 Å². The molecule has 0 unspecified atom stereocenters. The number of alkyl halides is 2. The summed E-state index contributed by atoms with van der Waals surface area (Å²) in [6.45, 7) is 0. The Balaban J connectivity index is 2.09. The van der Waals surface area contributed by atoms with Crippen LogP contribution in [0.4, 0.5) is 0 Å². The molecule has 0 N–H and O–H groups in total. The van der Waals surface area contributed by atoms with Gasteiger partial charge < -0.3 is 9.47 Å². The molecular weight excluding hydrogens is 456 g/mol. The second kappa shape index (κ2) is 11.7. The van der Waals surface area contributed by atoms with Gasteiger partial charge in [-0.15, -0.1) is 0 Å². The first kappa shape index (κ1) is 21.3. The summed E-state index contributed by atoms with van der Waals surface area (Å²) in [4.78, 5) is 0. The van der Waals surface area contributed by atoms with Crippen molar-refractivity contribution in [3.63, 3.8) is 0 Å². The lowest BCUT2D eigenvalue weighted by Gasteiger charge is -2.26. The zero-order chi connectivity index (χ0) is 18.8. The van der Waals surface area contributed by atoms with Crippen LogP contribution in [0.2, 0.25) is 0 Å². The molecule has 2 atom stereocenters. The molecule has 0 fully saturated rings. The quantitative estimate of drug-likeness (QED) is 0.349. The van der Waals surface area contributed by atoms with E-state index in [2.05, 4.69) is 80.4 Å². The first-order valence-electron chi connectivity index (χ1n) is 9.08. The SMILES string of the molecule is COc1ccc(C[C@H](CBr)[C@@H](CCCBr)Cc2ccc(OC)cc2)cc1. The molecule has 0 bridgehead atoms. The fourth-order valence-electron chi connectivity index (χ4n) is 3.32. The van der Waals surface area contributed by atoms with Crippen LogP contribution in [0.5, 0.6) is 11.5 Å². The lowest BCUT2D eigenvalue weighted by Crippen LogP contribution is -2.21. The molecule has 2 aromatic rings. The zero-order valence-corrected chi connectivity index (χ0v) is 18.8. The highest BCUT2D eigenvalue weighted by molar-refractivity contribution is 9.09. The summed E-state index contributed by atoms with van der Waals surface area (Å²) in [6.07, 6.45) is 4.61. The Labute approximate surface area is 174 Å². The normalized spacial score (nSPS) is 13.2. The van der Waals surface area contributed by atoms with Crippen molar-refractivity contribution in [3.8, 4) is 11.5 Å². The third-order valence-corrected chi connectivity index (χ3v) is 6.28. The van der Waals surface area contributed by atoms with Crippen LogP contribution < -0.4 is 9.47 Å². The number of methoxy groups -OCH3 is 2. The fourth-order valence-corrected chi connectivity index (χ4v) is 4.40. The van der Waals surface area contributed by atoms with Crippen molar-refractivity contribution in [2.45, 2.75) is 25.7 Å². The molecule has 2 rings (SSSR count). The van der Waals surface area contributed by atoms with Crippen molar-refractivity contribution < 1.29 is 9.47 Å². The second-order valence-corrected chi connectivity index (χ2v) is 8.05. The highest BCUT2D eigenvalue weighted by Crippen LogP contribution is 2.29. The van der Waals surface area contributed by atoms with E-state index in [0.29, 0.717) is 11.8 Å². The second-order valence-electron chi connectivity index (χ2n) is 6.61. The van der Waals surface area contributed by atoms with Gasteiger partial charge in [-0.1, -0.05) is 56.1 Å². The molecule has 2 nitrogen and oxygen atoms in total. The minimum absolute atomic E-state index is 0.601. The average Bonchev–Trinajstić information content (AvgIpc) is 2.70. The molecule has 0 saturated carbocycles. The minimum atomic E-state index is 0.601. The van der Waals surface area contributed by atoms with Crippen LogP contribution in [-0.4, -0.2) is 24.9 Å². The number of ether oxygens (including phenoxy) is 2. The molecule has 2 aromatic carbocycles. The molecular formula is C22H28Br2O2. The van der Waals surface area contributed by atoms with Gasteiger partial charge in [0.2, 0.25) is 0 Å². The largest absolute Gasteiger partial charge is 0.497 e. The molecule has 0 aliphatic carbocycles. The average molecular weight is 484 g/mol. The standard InChI is InChI=1S/C22H28Br2O2/c1-25-21-9-5-17(6-10-21)14-19(4-3-13-23)20(16-24)15-18-7-11-22(26-2)12-8-18/h5-12,19-20H,3-4,13-16H2,1-2H3/t19-,20+/m0/s1. The summed E-state index contributed by atoms with van der Waals surface area (Å²) in [7, 11) is 3.42. The van der Waals surface area contributed by atoms with Crippen LogP contribution in [-0.2, 0) is 12.8 Å². The van der Waals surface area contributed by atoms with Gasteiger partial charge >= 0.3 is 0 Å². The summed E-state index contributed by atoms with van der Waals surface area (Å²) in [5.74, 6) is 3.08. The van der Waals surface area contributed by atoms with Gasteiger partial charge in [0.1, 0.15) is 11.5 Å². The van der Waals surface area contributed by atoms with Gasteiger partial charge in [0.05, 0.1) is 14.2 Å². The number of rotatable bonds is 11. The summed E-state index contributed by atoms with van der Waals surface area (Å²) in [5.41, 5.74) is 2.75. The van der Waals surface area contributed by atoms with E-state index in [1.165, 1.54) is 24.0 Å². The van der Waals surface area contributed by atoms with E-state index in [4.69, 9.17) is 9.47 Å². The van der Waals surface area contributed by atoms with Crippen molar-refractivity contribution in [2.75, 3.05) is 24.9 Å². The Morgan fingerprint density at radius 2 is 1.19 bits per heavy atom. The third kappa shape index (κ3) is 6.62. The van der Waals surface area contributed by atoms with E-state index in [1.807, 2.05) is 0 Å². The van der Waals surface area contributed by atoms with Crippen LogP contribution >= 0.6 is 31.9 Å². The van der Waals surface area contributed by atoms with Crippen LogP contribution in [0.3, 0.4) is 0 Å². The summed E-state index contributed by atoms with van der Waals surface area (Å²) in [5, 5.41) is 2.08. The van der Waals surface area contributed by atoms with Gasteiger partial charge in [0.15, 0.2) is 0 Å². The highest BCUT2D eigenvalue weighted by Gasteiger charge is 2.21. The predicted molar refractivity (Wildman–Crippen MR) is 117 cm³/mol. The lowest BCUT2D eigenvalue weighted by molar-refractivity contribution is 0.336. The van der Waals surface area contributed by atoms with E-state index in [0.717, 1.165) is 35.0 Å². The maximum absolute atomic E-state index is 5.28. The van der Waals surface area contributed by atoms with Crippen molar-refractivity contribution in [1.82, 2.24) is 0 Å². The molecule has 0 aromatic heterocycles. The van der Waals surface area contributed by atoms with Gasteiger partial charge in [0, 0.05) is 10.7 Å². The summed E-state index contributed by atoms with van der Waals surface area (Å²) < 4.78 is 10.6. The molecule has 26 heavy (non-hydrogen) atoms. The molecule has 0 amide bonds. The zero-order valence-electron chi connectivity index (χ0n) is 15.6. The summed E-state index contributed by atoms with van der Waals surface area (Å²) in [6, 6.07) is 17.0. The number of hydrogen-bond donors (Lipinski definition) is 0. The highest BCUT2D eigenvalue weighted by atomic mass is 79.9. The van der Waals surface area contributed by atoms with Crippen LogP contribution in [0, 0.1) is 11.8 Å². The topological polar surface area (TPSA) is 18.5 Å². The maximum atomic E-state index is 5.28. The Hall–Kier alpha value is -1.00. The Kier molecular flexibility index (Phi) is 9.55. The van der Waals surface area contributed by atoms with E-state index in [-0.39, 0.29) is 0 Å². The predicted octanol–water partition coefficient (Wildman–Crippen LogP) is 6.29. The molecule has 0 aliphatic heterocycles. The van der Waals surface area contributed by atoms with E-state index < -0.39 is 0 Å².